The van der Waals surface area contributed by atoms with Crippen molar-refractivity contribution in [3.8, 4) is 11.6 Å². The molecule has 70 valence electrons. The maximum atomic E-state index is 10.9. The molecule has 0 aliphatic carbocycles. The molecule has 0 bridgehead atoms. The molecule has 2 aromatic rings. The van der Waals surface area contributed by atoms with Crippen molar-refractivity contribution >= 4 is 0 Å². The quantitative estimate of drug-likeness (QED) is 0.763. The Hall–Kier alpha value is -2.17. The van der Waals surface area contributed by atoms with Crippen LogP contribution >= 0.6 is 0 Å². The standard InChI is InChI=1S/C9H7N3O2/c13-8-4-9(12-6-11-8)14-7-2-1-3-10-5-7/h1-6H,(H,11,12,13). The van der Waals surface area contributed by atoms with Crippen molar-refractivity contribution < 1.29 is 4.74 Å². The van der Waals surface area contributed by atoms with Crippen LogP contribution in [-0.4, -0.2) is 15.0 Å². The van der Waals surface area contributed by atoms with Crippen molar-refractivity contribution in [1.29, 1.82) is 0 Å². The van der Waals surface area contributed by atoms with Gasteiger partial charge in [0, 0.05) is 6.20 Å². The molecule has 0 aromatic carbocycles. The summed E-state index contributed by atoms with van der Waals surface area (Å²) in [4.78, 5) is 21.0. The summed E-state index contributed by atoms with van der Waals surface area (Å²) >= 11 is 0. The van der Waals surface area contributed by atoms with Gasteiger partial charge in [0.25, 0.3) is 5.56 Å². The van der Waals surface area contributed by atoms with Gasteiger partial charge in [-0.15, -0.1) is 0 Å². The number of hydrogen-bond donors (Lipinski definition) is 1. The predicted octanol–water partition coefficient (Wildman–Crippen LogP) is 0.957. The van der Waals surface area contributed by atoms with E-state index in [1.807, 2.05) is 0 Å². The third-order valence-electron chi connectivity index (χ3n) is 1.51. The number of aromatic amines is 1. The zero-order valence-electron chi connectivity index (χ0n) is 7.18. The summed E-state index contributed by atoms with van der Waals surface area (Å²) in [6.45, 7) is 0. The van der Waals surface area contributed by atoms with Gasteiger partial charge in [-0.2, -0.15) is 0 Å². The lowest BCUT2D eigenvalue weighted by atomic mass is 10.5. The van der Waals surface area contributed by atoms with Crippen LogP contribution in [0.2, 0.25) is 0 Å². The highest BCUT2D eigenvalue weighted by atomic mass is 16.5. The molecule has 0 atom stereocenters. The van der Waals surface area contributed by atoms with Crippen LogP contribution in [0.4, 0.5) is 0 Å². The molecule has 0 aliphatic heterocycles. The third kappa shape index (κ3) is 1.95. The van der Waals surface area contributed by atoms with E-state index in [0.29, 0.717) is 5.75 Å². The Labute approximate surface area is 79.4 Å². The molecule has 0 aliphatic rings. The molecule has 0 spiro atoms. The number of pyridine rings is 1. The molecule has 5 nitrogen and oxygen atoms in total. The van der Waals surface area contributed by atoms with Gasteiger partial charge in [0.2, 0.25) is 5.88 Å². The first-order valence-corrected chi connectivity index (χ1v) is 3.97. The second kappa shape index (κ2) is 3.69. The van der Waals surface area contributed by atoms with Gasteiger partial charge < -0.3 is 9.72 Å². The molecular formula is C9H7N3O2. The largest absolute Gasteiger partial charge is 0.437 e. The second-order valence-electron chi connectivity index (χ2n) is 2.54. The molecule has 0 radical (unpaired) electrons. The van der Waals surface area contributed by atoms with E-state index in [1.165, 1.54) is 12.4 Å². The molecule has 2 heterocycles. The Balaban J connectivity index is 2.24. The summed E-state index contributed by atoms with van der Waals surface area (Å²) in [6.07, 6.45) is 4.47. The molecule has 0 amide bonds. The second-order valence-corrected chi connectivity index (χ2v) is 2.54. The number of nitrogens with zero attached hydrogens (tertiary/aromatic N) is 2. The summed E-state index contributed by atoms with van der Waals surface area (Å²) in [7, 11) is 0. The van der Waals surface area contributed by atoms with Gasteiger partial charge in [0.15, 0.2) is 0 Å². The van der Waals surface area contributed by atoms with Crippen LogP contribution < -0.4 is 10.3 Å². The zero-order chi connectivity index (χ0) is 9.80. The number of nitrogens with one attached hydrogen (secondary N) is 1. The highest BCUT2D eigenvalue weighted by Crippen LogP contribution is 2.14. The Bertz CT molecular complexity index is 467. The topological polar surface area (TPSA) is 67.9 Å². The maximum Gasteiger partial charge on any atom is 0.254 e. The number of H-pyrrole nitrogens is 1. The summed E-state index contributed by atoms with van der Waals surface area (Å²) in [5, 5.41) is 0. The fourth-order valence-electron chi connectivity index (χ4n) is 0.935. The molecule has 0 saturated heterocycles. The summed E-state index contributed by atoms with van der Waals surface area (Å²) in [5.41, 5.74) is -0.251. The number of aromatic nitrogens is 3. The molecular weight excluding hydrogens is 182 g/mol. The highest BCUT2D eigenvalue weighted by molar-refractivity contribution is 5.21. The average Bonchev–Trinajstić information content (AvgIpc) is 2.19. The first kappa shape index (κ1) is 8.43. The predicted molar refractivity (Wildman–Crippen MR) is 49.2 cm³/mol. The lowest BCUT2D eigenvalue weighted by Crippen LogP contribution is -2.04. The van der Waals surface area contributed by atoms with E-state index in [2.05, 4.69) is 15.0 Å². The number of rotatable bonds is 2. The van der Waals surface area contributed by atoms with E-state index in [0.717, 1.165) is 0 Å². The third-order valence-corrected chi connectivity index (χ3v) is 1.51. The van der Waals surface area contributed by atoms with Gasteiger partial charge >= 0.3 is 0 Å². The van der Waals surface area contributed by atoms with Crippen molar-refractivity contribution in [1.82, 2.24) is 15.0 Å². The van der Waals surface area contributed by atoms with Crippen molar-refractivity contribution in [2.24, 2.45) is 0 Å². The number of ether oxygens (including phenoxy) is 1. The van der Waals surface area contributed by atoms with E-state index in [9.17, 15) is 4.79 Å². The van der Waals surface area contributed by atoms with Gasteiger partial charge in [-0.25, -0.2) is 4.98 Å². The summed E-state index contributed by atoms with van der Waals surface area (Å²) in [5.74, 6) is 0.798. The van der Waals surface area contributed by atoms with Crippen molar-refractivity contribution in [3.05, 3.63) is 47.3 Å². The van der Waals surface area contributed by atoms with E-state index in [1.54, 1.807) is 24.5 Å². The Morgan fingerprint density at radius 2 is 2.36 bits per heavy atom. The van der Waals surface area contributed by atoms with E-state index in [-0.39, 0.29) is 11.4 Å². The van der Waals surface area contributed by atoms with Crippen molar-refractivity contribution in [2.45, 2.75) is 0 Å². The molecule has 2 rings (SSSR count). The van der Waals surface area contributed by atoms with Crippen LogP contribution in [-0.2, 0) is 0 Å². The van der Waals surface area contributed by atoms with Gasteiger partial charge in [-0.1, -0.05) is 0 Å². The molecule has 1 N–H and O–H groups in total. The minimum atomic E-state index is -0.251. The fraction of sp³-hybridized carbons (Fsp3) is 0. The average molecular weight is 189 g/mol. The Morgan fingerprint density at radius 1 is 1.43 bits per heavy atom. The lowest BCUT2D eigenvalue weighted by Gasteiger charge is -2.01. The minimum Gasteiger partial charge on any atom is -0.437 e. The lowest BCUT2D eigenvalue weighted by molar-refractivity contribution is 0.458. The summed E-state index contributed by atoms with van der Waals surface area (Å²) < 4.78 is 5.27. The monoisotopic (exact) mass is 189 g/mol. The highest BCUT2D eigenvalue weighted by Gasteiger charge is 1.97. The van der Waals surface area contributed by atoms with Crippen LogP contribution in [0, 0.1) is 0 Å². The molecule has 0 saturated carbocycles. The molecule has 0 fully saturated rings. The smallest absolute Gasteiger partial charge is 0.254 e. The van der Waals surface area contributed by atoms with Gasteiger partial charge in [-0.05, 0) is 12.1 Å². The van der Waals surface area contributed by atoms with E-state index < -0.39 is 0 Å². The first-order chi connectivity index (χ1) is 6.84. The van der Waals surface area contributed by atoms with E-state index in [4.69, 9.17) is 4.74 Å². The zero-order valence-corrected chi connectivity index (χ0v) is 7.18. The van der Waals surface area contributed by atoms with Gasteiger partial charge in [0.05, 0.1) is 18.6 Å². The van der Waals surface area contributed by atoms with Gasteiger partial charge in [-0.3, -0.25) is 9.78 Å². The maximum absolute atomic E-state index is 10.9. The molecule has 5 heteroatoms. The Kier molecular flexibility index (Phi) is 2.22. The van der Waals surface area contributed by atoms with E-state index >= 15 is 0 Å². The van der Waals surface area contributed by atoms with Crippen LogP contribution in [0.3, 0.4) is 0 Å². The van der Waals surface area contributed by atoms with Crippen molar-refractivity contribution in [2.75, 3.05) is 0 Å². The molecule has 14 heavy (non-hydrogen) atoms. The van der Waals surface area contributed by atoms with Crippen LogP contribution in [0.15, 0.2) is 41.7 Å². The molecule has 0 unspecified atom stereocenters. The van der Waals surface area contributed by atoms with Crippen LogP contribution in [0.5, 0.6) is 11.6 Å². The number of hydrogen-bond acceptors (Lipinski definition) is 4. The Morgan fingerprint density at radius 3 is 3.07 bits per heavy atom. The first-order valence-electron chi connectivity index (χ1n) is 3.97. The summed E-state index contributed by atoms with van der Waals surface area (Å²) in [6, 6.07) is 4.74. The minimum absolute atomic E-state index is 0.251. The van der Waals surface area contributed by atoms with Crippen molar-refractivity contribution in [3.63, 3.8) is 0 Å². The van der Waals surface area contributed by atoms with Crippen LogP contribution in [0.1, 0.15) is 0 Å². The SMILES string of the molecule is O=c1cc(Oc2cccnc2)nc[nH]1. The molecule has 2 aromatic heterocycles. The van der Waals surface area contributed by atoms with Crippen LogP contribution in [0.25, 0.3) is 0 Å². The normalized spacial score (nSPS) is 9.71. The van der Waals surface area contributed by atoms with Gasteiger partial charge in [0.1, 0.15) is 5.75 Å². The fourth-order valence-corrected chi connectivity index (χ4v) is 0.935.